The van der Waals surface area contributed by atoms with Gasteiger partial charge in [0.1, 0.15) is 0 Å². The first-order valence-electron chi connectivity index (χ1n) is 7.43. The minimum absolute atomic E-state index is 0.239. The van der Waals surface area contributed by atoms with Gasteiger partial charge in [-0.3, -0.25) is 4.79 Å². The fraction of sp³-hybridized carbons (Fsp3) is 0.562. The Morgan fingerprint density at radius 1 is 1.25 bits per heavy atom. The van der Waals surface area contributed by atoms with Crippen LogP contribution in [0.15, 0.2) is 29.7 Å². The first kappa shape index (κ1) is 14.2. The summed E-state index contributed by atoms with van der Waals surface area (Å²) in [6.07, 6.45) is 8.52. The third-order valence-corrected chi connectivity index (χ3v) is 6.58. The summed E-state index contributed by atoms with van der Waals surface area (Å²) in [4.78, 5) is 16.2. The lowest BCUT2D eigenvalue weighted by Crippen LogP contribution is -2.38. The van der Waals surface area contributed by atoms with E-state index in [1.807, 2.05) is 23.1 Å². The number of hydrogen-bond donors (Lipinski definition) is 0. The van der Waals surface area contributed by atoms with E-state index in [-0.39, 0.29) is 5.92 Å². The zero-order chi connectivity index (χ0) is 13.8. The molecule has 0 radical (unpaired) electrons. The lowest BCUT2D eigenvalue weighted by atomic mass is 9.93. The highest BCUT2D eigenvalue weighted by atomic mass is 32.2. The molecule has 108 valence electrons. The van der Waals surface area contributed by atoms with Crippen LogP contribution in [0.2, 0.25) is 0 Å². The van der Waals surface area contributed by atoms with Gasteiger partial charge in [0.15, 0.2) is 0 Å². The van der Waals surface area contributed by atoms with Crippen LogP contribution in [0.3, 0.4) is 0 Å². The van der Waals surface area contributed by atoms with Gasteiger partial charge in [0.05, 0.1) is 0 Å². The number of hydrogen-bond acceptors (Lipinski definition) is 3. The molecule has 0 aromatic carbocycles. The number of amides is 1. The van der Waals surface area contributed by atoms with Crippen molar-refractivity contribution in [3.05, 3.63) is 34.5 Å². The van der Waals surface area contributed by atoms with Crippen LogP contribution in [0.4, 0.5) is 0 Å². The maximum absolute atomic E-state index is 12.6. The normalized spacial score (nSPS) is 27.3. The minimum Gasteiger partial charge on any atom is -0.342 e. The molecule has 2 heterocycles. The van der Waals surface area contributed by atoms with Gasteiger partial charge < -0.3 is 4.90 Å². The van der Waals surface area contributed by atoms with Crippen molar-refractivity contribution < 1.29 is 4.79 Å². The van der Waals surface area contributed by atoms with E-state index in [2.05, 4.69) is 34.6 Å². The molecule has 20 heavy (non-hydrogen) atoms. The van der Waals surface area contributed by atoms with E-state index in [4.69, 9.17) is 0 Å². The lowest BCUT2D eigenvalue weighted by molar-refractivity contribution is -0.135. The zero-order valence-electron chi connectivity index (χ0n) is 11.7. The summed E-state index contributed by atoms with van der Waals surface area (Å²) >= 11 is 3.86. The van der Waals surface area contributed by atoms with Crippen LogP contribution in [0.5, 0.6) is 0 Å². The summed E-state index contributed by atoms with van der Waals surface area (Å²) < 4.78 is 0. The first-order chi connectivity index (χ1) is 9.84. The third-order valence-electron chi connectivity index (χ3n) is 4.13. The van der Waals surface area contributed by atoms with E-state index in [1.54, 1.807) is 0 Å². The third kappa shape index (κ3) is 3.29. The van der Waals surface area contributed by atoms with Crippen molar-refractivity contribution in [1.82, 2.24) is 4.90 Å². The van der Waals surface area contributed by atoms with Crippen LogP contribution >= 0.6 is 23.1 Å². The second-order valence-electron chi connectivity index (χ2n) is 5.47. The molecule has 0 bridgehead atoms. The Morgan fingerprint density at radius 3 is 2.95 bits per heavy atom. The zero-order valence-corrected chi connectivity index (χ0v) is 13.3. The van der Waals surface area contributed by atoms with Gasteiger partial charge in [-0.05, 0) is 37.1 Å². The molecule has 2 aliphatic rings. The van der Waals surface area contributed by atoms with Gasteiger partial charge >= 0.3 is 0 Å². The second kappa shape index (κ2) is 6.81. The minimum atomic E-state index is 0.239. The van der Waals surface area contributed by atoms with Gasteiger partial charge in [-0.1, -0.05) is 18.2 Å². The van der Waals surface area contributed by atoms with Crippen molar-refractivity contribution in [3.63, 3.8) is 0 Å². The Hall–Kier alpha value is -0.740. The van der Waals surface area contributed by atoms with Crippen LogP contribution in [0.25, 0.3) is 0 Å². The average molecular weight is 307 g/mol. The van der Waals surface area contributed by atoms with E-state index >= 15 is 0 Å². The Morgan fingerprint density at radius 2 is 2.20 bits per heavy atom. The summed E-state index contributed by atoms with van der Waals surface area (Å²) in [7, 11) is 0. The Labute approximate surface area is 129 Å². The van der Waals surface area contributed by atoms with Crippen LogP contribution < -0.4 is 0 Å². The molecule has 1 aromatic rings. The highest BCUT2D eigenvalue weighted by Gasteiger charge is 2.27. The summed E-state index contributed by atoms with van der Waals surface area (Å²) in [6.45, 7) is 1.85. The van der Waals surface area contributed by atoms with E-state index in [1.165, 1.54) is 4.88 Å². The molecule has 1 aromatic heterocycles. The Balaban J connectivity index is 1.59. The largest absolute Gasteiger partial charge is 0.342 e. The average Bonchev–Trinajstić information content (AvgIpc) is 2.92. The molecule has 1 amide bonds. The molecule has 1 saturated heterocycles. The van der Waals surface area contributed by atoms with Gasteiger partial charge in [0.25, 0.3) is 0 Å². The molecule has 2 unspecified atom stereocenters. The number of thiophene rings is 1. The summed E-state index contributed by atoms with van der Waals surface area (Å²) in [5.74, 6) is 1.70. The van der Waals surface area contributed by atoms with Crippen molar-refractivity contribution >= 4 is 29.0 Å². The van der Waals surface area contributed by atoms with E-state index < -0.39 is 0 Å². The highest BCUT2D eigenvalue weighted by Crippen LogP contribution is 2.37. The van der Waals surface area contributed by atoms with Crippen molar-refractivity contribution in [2.75, 3.05) is 18.8 Å². The fourth-order valence-electron chi connectivity index (χ4n) is 2.97. The molecule has 0 spiro atoms. The van der Waals surface area contributed by atoms with Crippen LogP contribution in [-0.4, -0.2) is 29.6 Å². The van der Waals surface area contributed by atoms with Gasteiger partial charge in [0.2, 0.25) is 5.91 Å². The van der Waals surface area contributed by atoms with Crippen LogP contribution in [-0.2, 0) is 4.79 Å². The molecular weight excluding hydrogens is 286 g/mol. The number of carbonyl (C=O) groups is 1. The predicted molar refractivity (Wildman–Crippen MR) is 87.2 cm³/mol. The summed E-state index contributed by atoms with van der Waals surface area (Å²) in [6, 6.07) is 4.36. The van der Waals surface area contributed by atoms with Gasteiger partial charge in [-0.2, -0.15) is 11.8 Å². The monoisotopic (exact) mass is 307 g/mol. The maximum Gasteiger partial charge on any atom is 0.226 e. The van der Waals surface area contributed by atoms with Gasteiger partial charge in [-0.25, -0.2) is 0 Å². The quantitative estimate of drug-likeness (QED) is 0.766. The van der Waals surface area contributed by atoms with E-state index in [0.29, 0.717) is 11.2 Å². The highest BCUT2D eigenvalue weighted by molar-refractivity contribution is 7.99. The van der Waals surface area contributed by atoms with Crippen molar-refractivity contribution in [2.24, 2.45) is 5.92 Å². The second-order valence-corrected chi connectivity index (χ2v) is 7.76. The van der Waals surface area contributed by atoms with Gasteiger partial charge in [-0.15, -0.1) is 11.3 Å². The van der Waals surface area contributed by atoms with E-state index in [0.717, 1.165) is 44.5 Å². The Bertz CT molecular complexity index is 469. The van der Waals surface area contributed by atoms with E-state index in [9.17, 15) is 4.79 Å². The number of carbonyl (C=O) groups excluding carboxylic acids is 1. The molecule has 1 fully saturated rings. The van der Waals surface area contributed by atoms with Crippen LogP contribution in [0.1, 0.15) is 35.8 Å². The topological polar surface area (TPSA) is 20.3 Å². The molecule has 0 saturated carbocycles. The van der Waals surface area contributed by atoms with Crippen molar-refractivity contribution in [2.45, 2.75) is 30.9 Å². The molecule has 2 atom stereocenters. The molecule has 1 aliphatic carbocycles. The van der Waals surface area contributed by atoms with Crippen molar-refractivity contribution in [3.8, 4) is 0 Å². The number of allylic oxidation sites excluding steroid dienone is 2. The summed E-state index contributed by atoms with van der Waals surface area (Å²) in [5.41, 5.74) is 0. The molecular formula is C16H21NOS2. The van der Waals surface area contributed by atoms with Crippen LogP contribution in [0, 0.1) is 5.92 Å². The molecule has 4 heteroatoms. The number of rotatable bonds is 2. The lowest BCUT2D eigenvalue weighted by Gasteiger charge is -2.26. The molecule has 0 N–H and O–H groups in total. The SMILES string of the molecule is O=C(C1CC=CCC1)N1CCSC(c2cccs2)CC1. The predicted octanol–water partition coefficient (Wildman–Crippen LogP) is 4.11. The molecule has 3 rings (SSSR count). The number of nitrogens with zero attached hydrogens (tertiary/aromatic N) is 1. The summed E-state index contributed by atoms with van der Waals surface area (Å²) in [5, 5.41) is 2.73. The molecule has 1 aliphatic heterocycles. The fourth-order valence-corrected chi connectivity index (χ4v) is 5.21. The smallest absolute Gasteiger partial charge is 0.226 e. The number of thioether (sulfide) groups is 1. The van der Waals surface area contributed by atoms with Crippen molar-refractivity contribution in [1.29, 1.82) is 0 Å². The Kier molecular flexibility index (Phi) is 4.84. The maximum atomic E-state index is 12.6. The molecule has 2 nitrogen and oxygen atoms in total. The first-order valence-corrected chi connectivity index (χ1v) is 9.36. The standard InChI is InChI=1S/C16H21NOS2/c18-16(13-5-2-1-3-6-13)17-9-8-15(20-12-10-17)14-7-4-11-19-14/h1-2,4,7,11,13,15H,3,5-6,8-10,12H2. The van der Waals surface area contributed by atoms with Gasteiger partial charge in [0, 0.05) is 34.9 Å².